The number of pyridine rings is 1. The lowest BCUT2D eigenvalue weighted by molar-refractivity contribution is 0.340. The van der Waals surface area contributed by atoms with Crippen LogP contribution < -0.4 is 0 Å². The van der Waals surface area contributed by atoms with E-state index in [9.17, 15) is 0 Å². The summed E-state index contributed by atoms with van der Waals surface area (Å²) in [4.78, 5) is 6.52. The summed E-state index contributed by atoms with van der Waals surface area (Å²) in [6, 6.07) is 4.02. The maximum absolute atomic E-state index is 8.23. The van der Waals surface area contributed by atoms with Gasteiger partial charge in [-0.3, -0.25) is 10.4 Å². The number of piperidine rings is 1. The number of aryl methyl sites for hydroxylation is 1. The molecule has 0 spiro atoms. The Labute approximate surface area is 97.0 Å². The van der Waals surface area contributed by atoms with Gasteiger partial charge in [-0.15, -0.1) is 0 Å². The molecule has 0 radical (unpaired) electrons. The summed E-state index contributed by atoms with van der Waals surface area (Å²) in [7, 11) is 0. The fourth-order valence-corrected chi connectivity index (χ4v) is 2.20. The lowest BCUT2D eigenvalue weighted by atomic mass is 10.1. The molecule has 1 fully saturated rings. The second-order valence-electron chi connectivity index (χ2n) is 4.26. The molecule has 1 aliphatic heterocycles. The van der Waals surface area contributed by atoms with Gasteiger partial charge in [0, 0.05) is 19.3 Å². The number of hydrogen-bond acceptors (Lipinski definition) is 2. The number of amidine groups is 1. The molecule has 0 aromatic carbocycles. The van der Waals surface area contributed by atoms with E-state index in [1.165, 1.54) is 24.8 Å². The smallest absolute Gasteiger partial charge is 0.147 e. The molecule has 1 aromatic heterocycles. The largest absolute Gasteiger partial charge is 0.355 e. The number of nitrogens with one attached hydrogen (secondary N) is 1. The molecular weight excluding hydrogens is 198 g/mol. The van der Waals surface area contributed by atoms with Crippen molar-refractivity contribution in [2.75, 3.05) is 13.1 Å². The third-order valence-corrected chi connectivity index (χ3v) is 3.17. The van der Waals surface area contributed by atoms with Crippen molar-refractivity contribution < 1.29 is 0 Å². The van der Waals surface area contributed by atoms with Crippen LogP contribution in [-0.4, -0.2) is 28.8 Å². The van der Waals surface area contributed by atoms with Crippen LogP contribution in [-0.2, 0) is 6.42 Å². The minimum absolute atomic E-state index is 0.608. The topological polar surface area (TPSA) is 40.0 Å². The van der Waals surface area contributed by atoms with Crippen LogP contribution in [0.1, 0.15) is 37.4 Å². The van der Waals surface area contributed by atoms with Crippen molar-refractivity contribution in [1.29, 1.82) is 5.41 Å². The Morgan fingerprint density at radius 1 is 1.38 bits per heavy atom. The van der Waals surface area contributed by atoms with Gasteiger partial charge >= 0.3 is 0 Å². The zero-order chi connectivity index (χ0) is 11.4. The van der Waals surface area contributed by atoms with Crippen LogP contribution >= 0.6 is 0 Å². The number of rotatable bonds is 2. The van der Waals surface area contributed by atoms with E-state index in [4.69, 9.17) is 5.41 Å². The predicted octanol–water partition coefficient (Wildman–Crippen LogP) is 2.46. The molecule has 1 N–H and O–H groups in total. The van der Waals surface area contributed by atoms with E-state index in [0.717, 1.165) is 25.2 Å². The van der Waals surface area contributed by atoms with Gasteiger partial charge in [0.15, 0.2) is 0 Å². The van der Waals surface area contributed by atoms with E-state index in [1.54, 1.807) is 6.20 Å². The van der Waals surface area contributed by atoms with Gasteiger partial charge in [0.05, 0.1) is 0 Å². The summed E-state index contributed by atoms with van der Waals surface area (Å²) in [6.45, 7) is 4.14. The monoisotopic (exact) mass is 217 g/mol. The average Bonchev–Trinajstić information content (AvgIpc) is 2.39. The molecule has 86 valence electrons. The van der Waals surface area contributed by atoms with Crippen molar-refractivity contribution in [1.82, 2.24) is 9.88 Å². The molecule has 1 aliphatic rings. The van der Waals surface area contributed by atoms with Crippen LogP contribution in [0.25, 0.3) is 0 Å². The van der Waals surface area contributed by atoms with E-state index in [2.05, 4.69) is 22.9 Å². The van der Waals surface area contributed by atoms with Crippen molar-refractivity contribution in [3.8, 4) is 0 Å². The van der Waals surface area contributed by atoms with E-state index < -0.39 is 0 Å². The van der Waals surface area contributed by atoms with Crippen molar-refractivity contribution >= 4 is 5.84 Å². The SMILES string of the molecule is CCc1cccnc1C(=N)N1CCCCC1. The highest BCUT2D eigenvalue weighted by molar-refractivity contribution is 5.95. The fourth-order valence-electron chi connectivity index (χ4n) is 2.20. The first-order valence-electron chi connectivity index (χ1n) is 6.10. The van der Waals surface area contributed by atoms with Gasteiger partial charge < -0.3 is 4.90 Å². The molecule has 1 saturated heterocycles. The standard InChI is InChI=1S/C13H19N3/c1-2-11-7-6-8-15-12(11)13(14)16-9-4-3-5-10-16/h6-8,14H,2-5,9-10H2,1H3. The Kier molecular flexibility index (Phi) is 3.54. The van der Waals surface area contributed by atoms with Gasteiger partial charge in [0.25, 0.3) is 0 Å². The Morgan fingerprint density at radius 3 is 2.81 bits per heavy atom. The molecule has 1 aromatic rings. The summed E-state index contributed by atoms with van der Waals surface area (Å²) in [5.74, 6) is 0.608. The van der Waals surface area contributed by atoms with Crippen molar-refractivity contribution in [2.45, 2.75) is 32.6 Å². The zero-order valence-electron chi connectivity index (χ0n) is 9.87. The molecule has 0 bridgehead atoms. The second-order valence-corrected chi connectivity index (χ2v) is 4.26. The first kappa shape index (κ1) is 11.1. The molecule has 2 rings (SSSR count). The Hall–Kier alpha value is -1.38. The van der Waals surface area contributed by atoms with Crippen molar-refractivity contribution in [3.05, 3.63) is 29.6 Å². The molecule has 0 unspecified atom stereocenters. The normalized spacial score (nSPS) is 16.2. The molecule has 3 nitrogen and oxygen atoms in total. The number of likely N-dealkylation sites (tertiary alicyclic amines) is 1. The van der Waals surface area contributed by atoms with Gasteiger partial charge in [-0.05, 0) is 37.3 Å². The predicted molar refractivity (Wildman–Crippen MR) is 65.9 cm³/mol. The lowest BCUT2D eigenvalue weighted by Crippen LogP contribution is -2.36. The number of hydrogen-bond donors (Lipinski definition) is 1. The summed E-state index contributed by atoms with van der Waals surface area (Å²) < 4.78 is 0. The fraction of sp³-hybridized carbons (Fsp3) is 0.538. The van der Waals surface area contributed by atoms with E-state index in [-0.39, 0.29) is 0 Å². The molecule has 0 aliphatic carbocycles. The lowest BCUT2D eigenvalue weighted by Gasteiger charge is -2.29. The van der Waals surface area contributed by atoms with Crippen LogP contribution in [0.4, 0.5) is 0 Å². The molecular formula is C13H19N3. The second kappa shape index (κ2) is 5.10. The molecule has 0 atom stereocenters. The molecule has 16 heavy (non-hydrogen) atoms. The number of aromatic nitrogens is 1. The molecule has 0 amide bonds. The van der Waals surface area contributed by atoms with Gasteiger partial charge in [-0.2, -0.15) is 0 Å². The van der Waals surface area contributed by atoms with Gasteiger partial charge in [0.1, 0.15) is 11.5 Å². The summed E-state index contributed by atoms with van der Waals surface area (Å²) in [5.41, 5.74) is 2.05. The molecule has 2 heterocycles. The highest BCUT2D eigenvalue weighted by Gasteiger charge is 2.17. The summed E-state index contributed by atoms with van der Waals surface area (Å²) >= 11 is 0. The highest BCUT2D eigenvalue weighted by Crippen LogP contribution is 2.14. The Morgan fingerprint density at radius 2 is 2.12 bits per heavy atom. The average molecular weight is 217 g/mol. The first-order chi connectivity index (χ1) is 7.83. The van der Waals surface area contributed by atoms with Crippen LogP contribution in [0, 0.1) is 5.41 Å². The van der Waals surface area contributed by atoms with Gasteiger partial charge in [-0.1, -0.05) is 13.0 Å². The molecule has 3 heteroatoms. The quantitative estimate of drug-likeness (QED) is 0.610. The van der Waals surface area contributed by atoms with E-state index in [1.807, 2.05) is 6.07 Å². The summed E-state index contributed by atoms with van der Waals surface area (Å²) in [5, 5.41) is 8.23. The maximum atomic E-state index is 8.23. The van der Waals surface area contributed by atoms with Crippen molar-refractivity contribution in [3.63, 3.8) is 0 Å². The Bertz CT molecular complexity index is 367. The van der Waals surface area contributed by atoms with Crippen LogP contribution in [0.3, 0.4) is 0 Å². The van der Waals surface area contributed by atoms with Crippen LogP contribution in [0.5, 0.6) is 0 Å². The van der Waals surface area contributed by atoms with Gasteiger partial charge in [0.2, 0.25) is 0 Å². The summed E-state index contributed by atoms with van der Waals surface area (Å²) in [6.07, 6.45) is 6.44. The molecule has 0 saturated carbocycles. The van der Waals surface area contributed by atoms with E-state index in [0.29, 0.717) is 5.84 Å². The van der Waals surface area contributed by atoms with Crippen LogP contribution in [0.15, 0.2) is 18.3 Å². The third kappa shape index (κ3) is 2.23. The third-order valence-electron chi connectivity index (χ3n) is 3.17. The Balaban J connectivity index is 2.19. The van der Waals surface area contributed by atoms with Crippen molar-refractivity contribution in [2.24, 2.45) is 0 Å². The van der Waals surface area contributed by atoms with Gasteiger partial charge in [-0.25, -0.2) is 0 Å². The number of nitrogens with zero attached hydrogens (tertiary/aromatic N) is 2. The minimum atomic E-state index is 0.608. The van der Waals surface area contributed by atoms with Crippen LogP contribution in [0.2, 0.25) is 0 Å². The first-order valence-corrected chi connectivity index (χ1v) is 6.10. The van der Waals surface area contributed by atoms with E-state index >= 15 is 0 Å². The minimum Gasteiger partial charge on any atom is -0.355 e. The highest BCUT2D eigenvalue weighted by atomic mass is 15.2. The maximum Gasteiger partial charge on any atom is 0.147 e. The zero-order valence-corrected chi connectivity index (χ0v) is 9.87.